The number of nitrogen functional groups attached to an aromatic ring is 1. The molecule has 17 heavy (non-hydrogen) atoms. The summed E-state index contributed by atoms with van der Waals surface area (Å²) in [6, 6.07) is 7.11. The highest BCUT2D eigenvalue weighted by atomic mass is 32.2. The number of nitrogens with two attached hydrogens (primary N) is 1. The lowest BCUT2D eigenvalue weighted by molar-refractivity contribution is 0.163. The summed E-state index contributed by atoms with van der Waals surface area (Å²) in [5.74, 6) is -0.0246. The van der Waals surface area contributed by atoms with Gasteiger partial charge in [0.25, 0.3) is 0 Å². The lowest BCUT2D eigenvalue weighted by Crippen LogP contribution is -2.28. The standard InChI is InChI=1S/C11H18N2O3S/c1-2-16-6-7-17(14,15)13-9-10-4-3-5-11(12)8-10/h3-5,8,13H,2,6-7,9,12H2,1H3. The Morgan fingerprint density at radius 2 is 2.18 bits per heavy atom. The van der Waals surface area contributed by atoms with Gasteiger partial charge < -0.3 is 10.5 Å². The van der Waals surface area contributed by atoms with Gasteiger partial charge in [-0.05, 0) is 24.6 Å². The molecule has 0 saturated heterocycles. The molecule has 0 heterocycles. The van der Waals surface area contributed by atoms with Crippen LogP contribution in [0.3, 0.4) is 0 Å². The van der Waals surface area contributed by atoms with Crippen molar-refractivity contribution in [1.82, 2.24) is 4.72 Å². The number of nitrogens with one attached hydrogen (secondary N) is 1. The first-order valence-electron chi connectivity index (χ1n) is 5.43. The molecular weight excluding hydrogens is 240 g/mol. The van der Waals surface area contributed by atoms with Crippen molar-refractivity contribution < 1.29 is 13.2 Å². The predicted molar refractivity (Wildman–Crippen MR) is 68.0 cm³/mol. The Morgan fingerprint density at radius 3 is 2.82 bits per heavy atom. The molecule has 0 aromatic heterocycles. The molecule has 0 aliphatic rings. The van der Waals surface area contributed by atoms with Gasteiger partial charge in [0.15, 0.2) is 0 Å². The smallest absolute Gasteiger partial charge is 0.214 e. The maximum absolute atomic E-state index is 11.5. The Hall–Kier alpha value is -1.11. The van der Waals surface area contributed by atoms with Gasteiger partial charge in [-0.1, -0.05) is 12.1 Å². The van der Waals surface area contributed by atoms with Crippen LogP contribution in [0.15, 0.2) is 24.3 Å². The van der Waals surface area contributed by atoms with Gasteiger partial charge in [-0.3, -0.25) is 0 Å². The number of anilines is 1. The van der Waals surface area contributed by atoms with Crippen LogP contribution in [0.5, 0.6) is 0 Å². The second-order valence-electron chi connectivity index (χ2n) is 3.58. The molecule has 0 spiro atoms. The highest BCUT2D eigenvalue weighted by Crippen LogP contribution is 2.06. The van der Waals surface area contributed by atoms with Gasteiger partial charge in [-0.25, -0.2) is 13.1 Å². The van der Waals surface area contributed by atoms with Gasteiger partial charge >= 0.3 is 0 Å². The SMILES string of the molecule is CCOCCS(=O)(=O)NCc1cccc(N)c1. The number of hydrogen-bond acceptors (Lipinski definition) is 4. The lowest BCUT2D eigenvalue weighted by atomic mass is 10.2. The lowest BCUT2D eigenvalue weighted by Gasteiger charge is -2.07. The van der Waals surface area contributed by atoms with Crippen LogP contribution in [0.4, 0.5) is 5.69 Å². The van der Waals surface area contributed by atoms with E-state index in [1.807, 2.05) is 13.0 Å². The topological polar surface area (TPSA) is 81.4 Å². The second-order valence-corrected chi connectivity index (χ2v) is 5.51. The van der Waals surface area contributed by atoms with Crippen LogP contribution < -0.4 is 10.5 Å². The van der Waals surface area contributed by atoms with E-state index >= 15 is 0 Å². The van der Waals surface area contributed by atoms with Crippen LogP contribution in [0.2, 0.25) is 0 Å². The Morgan fingerprint density at radius 1 is 1.41 bits per heavy atom. The van der Waals surface area contributed by atoms with Crippen molar-refractivity contribution in [2.24, 2.45) is 0 Å². The van der Waals surface area contributed by atoms with Crippen molar-refractivity contribution >= 4 is 15.7 Å². The van der Waals surface area contributed by atoms with Gasteiger partial charge in [-0.2, -0.15) is 0 Å². The molecule has 6 heteroatoms. The fourth-order valence-electron chi connectivity index (χ4n) is 1.28. The number of hydrogen-bond donors (Lipinski definition) is 2. The average molecular weight is 258 g/mol. The van der Waals surface area contributed by atoms with E-state index in [-0.39, 0.29) is 18.9 Å². The summed E-state index contributed by atoms with van der Waals surface area (Å²) in [6.07, 6.45) is 0. The van der Waals surface area contributed by atoms with Crippen molar-refractivity contribution in [3.05, 3.63) is 29.8 Å². The largest absolute Gasteiger partial charge is 0.399 e. The molecule has 0 saturated carbocycles. The monoisotopic (exact) mass is 258 g/mol. The summed E-state index contributed by atoms with van der Waals surface area (Å²) in [4.78, 5) is 0. The van der Waals surface area contributed by atoms with Gasteiger partial charge in [0.2, 0.25) is 10.0 Å². The van der Waals surface area contributed by atoms with E-state index in [1.54, 1.807) is 18.2 Å². The van der Waals surface area contributed by atoms with Crippen LogP contribution >= 0.6 is 0 Å². The molecule has 0 aliphatic carbocycles. The van der Waals surface area contributed by atoms with Crippen LogP contribution in [0.1, 0.15) is 12.5 Å². The van der Waals surface area contributed by atoms with Crippen LogP contribution in [0, 0.1) is 0 Å². The van der Waals surface area contributed by atoms with Gasteiger partial charge in [0, 0.05) is 18.8 Å². The Labute approximate surface area is 102 Å². The first-order chi connectivity index (χ1) is 8.03. The normalized spacial score (nSPS) is 11.6. The number of rotatable bonds is 7. The molecule has 3 N–H and O–H groups in total. The molecule has 5 nitrogen and oxygen atoms in total. The molecule has 96 valence electrons. The predicted octanol–water partition coefficient (Wildman–Crippen LogP) is 0.725. The molecule has 0 bridgehead atoms. The van der Waals surface area contributed by atoms with E-state index < -0.39 is 10.0 Å². The van der Waals surface area contributed by atoms with Gasteiger partial charge in [0.05, 0.1) is 12.4 Å². The van der Waals surface area contributed by atoms with E-state index in [1.165, 1.54) is 0 Å². The second kappa shape index (κ2) is 6.58. The summed E-state index contributed by atoms with van der Waals surface area (Å²) < 4.78 is 30.6. The Balaban J connectivity index is 2.44. The zero-order valence-corrected chi connectivity index (χ0v) is 10.7. The molecule has 1 aromatic rings. The zero-order chi connectivity index (χ0) is 12.7. The third kappa shape index (κ3) is 5.67. The quantitative estimate of drug-likeness (QED) is 0.558. The summed E-state index contributed by atoms with van der Waals surface area (Å²) in [6.45, 7) is 2.81. The van der Waals surface area contributed by atoms with E-state index in [2.05, 4.69) is 4.72 Å². The highest BCUT2D eigenvalue weighted by Gasteiger charge is 2.09. The Bertz CT molecular complexity index is 446. The number of ether oxygens (including phenoxy) is 1. The first kappa shape index (κ1) is 14.0. The molecule has 0 atom stereocenters. The first-order valence-corrected chi connectivity index (χ1v) is 7.08. The molecule has 0 aliphatic heterocycles. The minimum absolute atomic E-state index is 0.0246. The minimum atomic E-state index is -3.28. The van der Waals surface area contributed by atoms with E-state index in [0.717, 1.165) is 5.56 Å². The van der Waals surface area contributed by atoms with E-state index in [0.29, 0.717) is 12.3 Å². The Kier molecular flexibility index (Phi) is 5.40. The third-order valence-electron chi connectivity index (χ3n) is 2.15. The molecule has 0 radical (unpaired) electrons. The summed E-state index contributed by atoms with van der Waals surface area (Å²) in [5, 5.41) is 0. The number of sulfonamides is 1. The highest BCUT2D eigenvalue weighted by molar-refractivity contribution is 7.89. The fourth-order valence-corrected chi connectivity index (χ4v) is 2.15. The van der Waals surface area contributed by atoms with Crippen molar-refractivity contribution in [3.63, 3.8) is 0 Å². The van der Waals surface area contributed by atoms with Crippen LogP contribution in [-0.4, -0.2) is 27.4 Å². The summed E-state index contributed by atoms with van der Waals surface area (Å²) >= 11 is 0. The van der Waals surface area contributed by atoms with Gasteiger partial charge in [0.1, 0.15) is 0 Å². The fraction of sp³-hybridized carbons (Fsp3) is 0.455. The van der Waals surface area contributed by atoms with Crippen molar-refractivity contribution in [1.29, 1.82) is 0 Å². The van der Waals surface area contributed by atoms with E-state index in [4.69, 9.17) is 10.5 Å². The van der Waals surface area contributed by atoms with Crippen molar-refractivity contribution in [2.45, 2.75) is 13.5 Å². The zero-order valence-electron chi connectivity index (χ0n) is 9.85. The van der Waals surface area contributed by atoms with E-state index in [9.17, 15) is 8.42 Å². The van der Waals surface area contributed by atoms with Crippen LogP contribution in [0.25, 0.3) is 0 Å². The molecule has 1 aromatic carbocycles. The molecule has 1 rings (SSSR count). The molecule has 0 fully saturated rings. The molecular formula is C11H18N2O3S. The molecule has 0 unspecified atom stereocenters. The van der Waals surface area contributed by atoms with Crippen LogP contribution in [-0.2, 0) is 21.3 Å². The maximum atomic E-state index is 11.5. The van der Waals surface area contributed by atoms with Crippen molar-refractivity contribution in [3.8, 4) is 0 Å². The van der Waals surface area contributed by atoms with Gasteiger partial charge in [-0.15, -0.1) is 0 Å². The summed E-state index contributed by atoms with van der Waals surface area (Å²) in [7, 11) is -3.28. The maximum Gasteiger partial charge on any atom is 0.214 e. The minimum Gasteiger partial charge on any atom is -0.399 e. The number of benzene rings is 1. The summed E-state index contributed by atoms with van der Waals surface area (Å²) in [5.41, 5.74) is 7.06. The third-order valence-corrected chi connectivity index (χ3v) is 3.44. The molecule has 0 amide bonds. The average Bonchev–Trinajstić information content (AvgIpc) is 2.27. The van der Waals surface area contributed by atoms with Crippen molar-refractivity contribution in [2.75, 3.05) is 24.7 Å².